The molecule has 0 aliphatic carbocycles. The lowest BCUT2D eigenvalue weighted by molar-refractivity contribution is -0.127. The van der Waals surface area contributed by atoms with Crippen molar-refractivity contribution in [1.82, 2.24) is 9.62 Å². The van der Waals surface area contributed by atoms with Crippen molar-refractivity contribution in [2.75, 3.05) is 18.8 Å². The number of hydrogen-bond donors (Lipinski definition) is 2. The zero-order valence-corrected chi connectivity index (χ0v) is 13.5. The van der Waals surface area contributed by atoms with Gasteiger partial charge in [0.25, 0.3) is 0 Å². The fraction of sp³-hybridized carbons (Fsp3) is 0.923. The first kappa shape index (κ1) is 17.4. The maximum atomic E-state index is 12.2. The molecule has 1 heterocycles. The Balaban J connectivity index is 2.53. The van der Waals surface area contributed by atoms with E-state index >= 15 is 0 Å². The second-order valence-electron chi connectivity index (χ2n) is 5.41. The van der Waals surface area contributed by atoms with Gasteiger partial charge in [-0.2, -0.15) is 0 Å². The van der Waals surface area contributed by atoms with Crippen molar-refractivity contribution in [1.29, 1.82) is 0 Å². The number of sulfonamides is 1. The summed E-state index contributed by atoms with van der Waals surface area (Å²) in [6.45, 7) is 6.39. The number of nitrogens with two attached hydrogens (primary N) is 1. The van der Waals surface area contributed by atoms with Crippen LogP contribution in [0.3, 0.4) is 0 Å². The normalized spacial score (nSPS) is 19.0. The molecule has 3 N–H and O–H groups in total. The summed E-state index contributed by atoms with van der Waals surface area (Å²) in [5, 5.41) is 2.97. The number of nitrogens with zero attached hydrogens (tertiary/aromatic N) is 1. The Morgan fingerprint density at radius 2 is 1.75 bits per heavy atom. The number of piperidine rings is 1. The summed E-state index contributed by atoms with van der Waals surface area (Å²) in [7, 11) is -3.11. The van der Waals surface area contributed by atoms with E-state index in [1.165, 1.54) is 4.31 Å². The zero-order valence-electron chi connectivity index (χ0n) is 12.7. The zero-order chi connectivity index (χ0) is 15.4. The molecule has 1 aliphatic heterocycles. The van der Waals surface area contributed by atoms with Gasteiger partial charge in [0, 0.05) is 19.1 Å². The lowest BCUT2D eigenvalue weighted by Crippen LogP contribution is -2.57. The lowest BCUT2D eigenvalue weighted by atomic mass is 9.92. The maximum absolute atomic E-state index is 12.2. The van der Waals surface area contributed by atoms with E-state index in [0.717, 1.165) is 0 Å². The number of carbonyl (C=O) groups excluding carboxylic acids is 1. The molecule has 0 radical (unpaired) electrons. The summed E-state index contributed by atoms with van der Waals surface area (Å²) >= 11 is 0. The van der Waals surface area contributed by atoms with Gasteiger partial charge in [0.1, 0.15) is 0 Å². The highest BCUT2D eigenvalue weighted by Gasteiger charge is 2.33. The van der Waals surface area contributed by atoms with E-state index in [4.69, 9.17) is 5.73 Å². The second kappa shape index (κ2) is 6.87. The summed E-state index contributed by atoms with van der Waals surface area (Å²) in [6.07, 6.45) is 2.49. The monoisotopic (exact) mass is 305 g/mol. The van der Waals surface area contributed by atoms with Crippen LogP contribution >= 0.6 is 0 Å². The molecule has 0 bridgehead atoms. The fourth-order valence-electron chi connectivity index (χ4n) is 2.36. The van der Waals surface area contributed by atoms with Crippen LogP contribution in [0.5, 0.6) is 0 Å². The third kappa shape index (κ3) is 3.93. The Morgan fingerprint density at radius 1 is 1.25 bits per heavy atom. The number of carbonyl (C=O) groups is 1. The molecule has 0 spiro atoms. The van der Waals surface area contributed by atoms with Crippen molar-refractivity contribution in [2.45, 2.75) is 58.0 Å². The molecule has 118 valence electrons. The van der Waals surface area contributed by atoms with Crippen LogP contribution < -0.4 is 11.1 Å². The van der Waals surface area contributed by atoms with Gasteiger partial charge in [-0.3, -0.25) is 4.79 Å². The Kier molecular flexibility index (Phi) is 5.97. The van der Waals surface area contributed by atoms with Crippen LogP contribution in [0.4, 0.5) is 0 Å². The number of rotatable bonds is 6. The third-order valence-electron chi connectivity index (χ3n) is 4.26. The predicted molar refractivity (Wildman–Crippen MR) is 79.7 cm³/mol. The predicted octanol–water partition coefficient (Wildman–Crippen LogP) is 0.434. The summed E-state index contributed by atoms with van der Waals surface area (Å²) < 4.78 is 25.0. The Bertz CT molecular complexity index is 424. The van der Waals surface area contributed by atoms with E-state index in [-0.39, 0.29) is 17.7 Å². The number of hydrogen-bond acceptors (Lipinski definition) is 4. The quantitative estimate of drug-likeness (QED) is 0.744. The summed E-state index contributed by atoms with van der Waals surface area (Å²) in [5.74, 6) is 0.000944. The van der Waals surface area contributed by atoms with Crippen molar-refractivity contribution in [2.24, 2.45) is 5.73 Å². The fourth-order valence-corrected chi connectivity index (χ4v) is 3.49. The van der Waals surface area contributed by atoms with Crippen molar-refractivity contribution < 1.29 is 13.2 Å². The van der Waals surface area contributed by atoms with E-state index in [1.54, 1.807) is 6.92 Å². The summed E-state index contributed by atoms with van der Waals surface area (Å²) in [6, 6.07) is 0.0202. The highest BCUT2D eigenvalue weighted by molar-refractivity contribution is 7.89. The molecule has 0 atom stereocenters. The molecule has 7 heteroatoms. The van der Waals surface area contributed by atoms with Gasteiger partial charge < -0.3 is 11.1 Å². The minimum Gasteiger partial charge on any atom is -0.352 e. The van der Waals surface area contributed by atoms with Gasteiger partial charge in [0.05, 0.1) is 11.3 Å². The average Bonchev–Trinajstić information content (AvgIpc) is 2.46. The SMILES string of the molecule is CCC(N)(CC)C(=O)NC1CCN(S(=O)(=O)CC)CC1. The molecule has 1 fully saturated rings. The molecule has 1 amide bonds. The van der Waals surface area contributed by atoms with Crippen LogP contribution in [0, 0.1) is 0 Å². The Hall–Kier alpha value is -0.660. The first-order chi connectivity index (χ1) is 9.29. The van der Waals surface area contributed by atoms with Crippen molar-refractivity contribution in [3.8, 4) is 0 Å². The topological polar surface area (TPSA) is 92.5 Å². The van der Waals surface area contributed by atoms with E-state index in [9.17, 15) is 13.2 Å². The first-order valence-electron chi connectivity index (χ1n) is 7.36. The molecule has 0 aromatic carbocycles. The van der Waals surface area contributed by atoms with Gasteiger partial charge in [-0.15, -0.1) is 0 Å². The summed E-state index contributed by atoms with van der Waals surface area (Å²) in [4.78, 5) is 12.2. The molecule has 6 nitrogen and oxygen atoms in total. The molecule has 1 saturated heterocycles. The third-order valence-corrected chi connectivity index (χ3v) is 6.14. The highest BCUT2D eigenvalue weighted by atomic mass is 32.2. The van der Waals surface area contributed by atoms with Crippen LogP contribution in [0.25, 0.3) is 0 Å². The van der Waals surface area contributed by atoms with Gasteiger partial charge in [-0.25, -0.2) is 12.7 Å². The Morgan fingerprint density at radius 3 is 2.15 bits per heavy atom. The molecule has 1 aliphatic rings. The largest absolute Gasteiger partial charge is 0.352 e. The van der Waals surface area contributed by atoms with Crippen molar-refractivity contribution in [3.63, 3.8) is 0 Å². The molecular weight excluding hydrogens is 278 g/mol. The lowest BCUT2D eigenvalue weighted by Gasteiger charge is -2.34. The smallest absolute Gasteiger partial charge is 0.240 e. The molecule has 0 aromatic rings. The van der Waals surface area contributed by atoms with E-state index in [0.29, 0.717) is 38.8 Å². The summed E-state index contributed by atoms with van der Waals surface area (Å²) in [5.41, 5.74) is 5.24. The van der Waals surface area contributed by atoms with Crippen LogP contribution in [0.2, 0.25) is 0 Å². The highest BCUT2D eigenvalue weighted by Crippen LogP contribution is 2.17. The number of amides is 1. The number of nitrogens with one attached hydrogen (secondary N) is 1. The molecule has 0 unspecified atom stereocenters. The molecule has 0 saturated carbocycles. The van der Waals surface area contributed by atoms with Crippen molar-refractivity contribution >= 4 is 15.9 Å². The van der Waals surface area contributed by atoms with Crippen molar-refractivity contribution in [3.05, 3.63) is 0 Å². The van der Waals surface area contributed by atoms with Gasteiger partial charge in [-0.1, -0.05) is 13.8 Å². The molecule has 0 aromatic heterocycles. The molecule has 20 heavy (non-hydrogen) atoms. The van der Waals surface area contributed by atoms with Gasteiger partial charge in [-0.05, 0) is 32.6 Å². The van der Waals surface area contributed by atoms with Gasteiger partial charge in [0.2, 0.25) is 15.9 Å². The van der Waals surface area contributed by atoms with Crippen LogP contribution in [0.15, 0.2) is 0 Å². The first-order valence-corrected chi connectivity index (χ1v) is 8.97. The van der Waals surface area contributed by atoms with E-state index in [1.807, 2.05) is 13.8 Å². The maximum Gasteiger partial charge on any atom is 0.240 e. The molecule has 1 rings (SSSR count). The standard InChI is InChI=1S/C13H27N3O3S/c1-4-13(14,5-2)12(17)15-11-7-9-16(10-8-11)20(18,19)6-3/h11H,4-10,14H2,1-3H3,(H,15,17). The van der Waals surface area contributed by atoms with E-state index < -0.39 is 15.6 Å². The second-order valence-corrected chi connectivity index (χ2v) is 7.67. The minimum absolute atomic E-state index is 0.0202. The van der Waals surface area contributed by atoms with E-state index in [2.05, 4.69) is 5.32 Å². The minimum atomic E-state index is -3.11. The average molecular weight is 305 g/mol. The van der Waals surface area contributed by atoms with Crippen LogP contribution in [0.1, 0.15) is 46.5 Å². The molecular formula is C13H27N3O3S. The van der Waals surface area contributed by atoms with Crippen LogP contribution in [-0.2, 0) is 14.8 Å². The van der Waals surface area contributed by atoms with Gasteiger partial charge in [0.15, 0.2) is 0 Å². The van der Waals surface area contributed by atoms with Gasteiger partial charge >= 0.3 is 0 Å². The van der Waals surface area contributed by atoms with Crippen LogP contribution in [-0.4, -0.2) is 49.1 Å². The Labute approximate surface area is 122 Å².